The van der Waals surface area contributed by atoms with Gasteiger partial charge in [0.1, 0.15) is 0 Å². The Morgan fingerprint density at radius 1 is 1.46 bits per heavy atom. The molecule has 1 N–H and O–H groups in total. The lowest BCUT2D eigenvalue weighted by molar-refractivity contribution is 0.218. The molecule has 2 atom stereocenters. The highest BCUT2D eigenvalue weighted by atomic mass is 15.2. The fourth-order valence-corrected chi connectivity index (χ4v) is 2.33. The first-order chi connectivity index (χ1) is 6.31. The van der Waals surface area contributed by atoms with Gasteiger partial charge in [0.25, 0.3) is 0 Å². The van der Waals surface area contributed by atoms with Crippen molar-refractivity contribution in [2.75, 3.05) is 20.1 Å². The minimum atomic E-state index is 0.742. The molecule has 78 valence electrons. The Bertz CT molecular complexity index is 136. The lowest BCUT2D eigenvalue weighted by atomic mass is 10.1. The fourth-order valence-electron chi connectivity index (χ4n) is 2.33. The molecule has 1 saturated heterocycles. The molecule has 1 heterocycles. The van der Waals surface area contributed by atoms with Crippen LogP contribution in [-0.2, 0) is 0 Å². The summed E-state index contributed by atoms with van der Waals surface area (Å²) >= 11 is 0. The van der Waals surface area contributed by atoms with Crippen LogP contribution < -0.4 is 5.32 Å². The van der Waals surface area contributed by atoms with Gasteiger partial charge in [0.05, 0.1) is 0 Å². The normalized spacial score (nSPS) is 26.5. The van der Waals surface area contributed by atoms with Crippen molar-refractivity contribution in [3.8, 4) is 0 Å². The average Bonchev–Trinajstić information content (AvgIpc) is 2.62. The molecule has 0 aromatic rings. The van der Waals surface area contributed by atoms with E-state index >= 15 is 0 Å². The zero-order valence-electron chi connectivity index (χ0n) is 9.34. The van der Waals surface area contributed by atoms with Crippen molar-refractivity contribution in [1.29, 1.82) is 0 Å². The lowest BCUT2D eigenvalue weighted by Gasteiger charge is -2.26. The van der Waals surface area contributed by atoms with E-state index < -0.39 is 0 Å². The Morgan fingerprint density at radius 3 is 2.69 bits per heavy atom. The van der Waals surface area contributed by atoms with E-state index in [4.69, 9.17) is 0 Å². The van der Waals surface area contributed by atoms with Crippen LogP contribution in [0.15, 0.2) is 0 Å². The molecule has 0 aromatic carbocycles. The van der Waals surface area contributed by atoms with Crippen molar-refractivity contribution in [3.05, 3.63) is 0 Å². The van der Waals surface area contributed by atoms with Gasteiger partial charge in [0.15, 0.2) is 0 Å². The SMILES string of the molecule is CCCC(CC)N1CCC(NC)C1. The van der Waals surface area contributed by atoms with Crippen molar-refractivity contribution in [2.24, 2.45) is 0 Å². The monoisotopic (exact) mass is 184 g/mol. The molecule has 13 heavy (non-hydrogen) atoms. The van der Waals surface area contributed by atoms with E-state index in [1.807, 2.05) is 0 Å². The predicted octanol–water partition coefficient (Wildman–Crippen LogP) is 1.86. The molecule has 1 fully saturated rings. The highest BCUT2D eigenvalue weighted by Gasteiger charge is 2.25. The first kappa shape index (κ1) is 11.0. The number of hydrogen-bond acceptors (Lipinski definition) is 2. The highest BCUT2D eigenvalue weighted by Crippen LogP contribution is 2.17. The van der Waals surface area contributed by atoms with Gasteiger partial charge >= 0.3 is 0 Å². The van der Waals surface area contributed by atoms with Gasteiger partial charge in [-0.1, -0.05) is 20.3 Å². The molecule has 1 aliphatic rings. The Balaban J connectivity index is 2.33. The number of hydrogen-bond donors (Lipinski definition) is 1. The summed E-state index contributed by atoms with van der Waals surface area (Å²) in [7, 11) is 2.08. The lowest BCUT2D eigenvalue weighted by Crippen LogP contribution is -2.36. The van der Waals surface area contributed by atoms with Crippen molar-refractivity contribution in [2.45, 2.75) is 51.6 Å². The first-order valence-electron chi connectivity index (χ1n) is 5.73. The van der Waals surface area contributed by atoms with Gasteiger partial charge in [-0.05, 0) is 26.3 Å². The summed E-state index contributed by atoms with van der Waals surface area (Å²) in [5.41, 5.74) is 0. The van der Waals surface area contributed by atoms with Crippen molar-refractivity contribution in [1.82, 2.24) is 10.2 Å². The van der Waals surface area contributed by atoms with Crippen molar-refractivity contribution in [3.63, 3.8) is 0 Å². The van der Waals surface area contributed by atoms with Crippen LogP contribution in [0.2, 0.25) is 0 Å². The average molecular weight is 184 g/mol. The second kappa shape index (κ2) is 5.61. The molecule has 0 aromatic heterocycles. The third-order valence-electron chi connectivity index (χ3n) is 3.24. The van der Waals surface area contributed by atoms with E-state index in [9.17, 15) is 0 Å². The second-order valence-corrected chi connectivity index (χ2v) is 4.12. The van der Waals surface area contributed by atoms with Crippen LogP contribution in [0.5, 0.6) is 0 Å². The summed E-state index contributed by atoms with van der Waals surface area (Å²) in [5, 5.41) is 3.37. The number of likely N-dealkylation sites (tertiary alicyclic amines) is 1. The largest absolute Gasteiger partial charge is 0.316 e. The van der Waals surface area contributed by atoms with Gasteiger partial charge in [-0.3, -0.25) is 4.90 Å². The molecular formula is C11H24N2. The standard InChI is InChI=1S/C11H24N2/c1-4-6-11(5-2)13-8-7-10(9-13)12-3/h10-12H,4-9H2,1-3H3. The molecule has 0 radical (unpaired) electrons. The van der Waals surface area contributed by atoms with Crippen LogP contribution in [0, 0.1) is 0 Å². The van der Waals surface area contributed by atoms with E-state index in [2.05, 4.69) is 31.1 Å². The Hall–Kier alpha value is -0.0800. The van der Waals surface area contributed by atoms with E-state index in [0.29, 0.717) is 0 Å². The van der Waals surface area contributed by atoms with Gasteiger partial charge in [-0.25, -0.2) is 0 Å². The van der Waals surface area contributed by atoms with Crippen LogP contribution in [0.4, 0.5) is 0 Å². The Labute approximate surface area is 82.7 Å². The number of nitrogens with one attached hydrogen (secondary N) is 1. The number of likely N-dealkylation sites (N-methyl/N-ethyl adjacent to an activating group) is 1. The van der Waals surface area contributed by atoms with Crippen molar-refractivity contribution < 1.29 is 0 Å². The summed E-state index contributed by atoms with van der Waals surface area (Å²) in [5.74, 6) is 0. The topological polar surface area (TPSA) is 15.3 Å². The Kier molecular flexibility index (Phi) is 4.74. The van der Waals surface area contributed by atoms with E-state index in [-0.39, 0.29) is 0 Å². The van der Waals surface area contributed by atoms with E-state index in [1.165, 1.54) is 38.8 Å². The van der Waals surface area contributed by atoms with Crippen LogP contribution >= 0.6 is 0 Å². The summed E-state index contributed by atoms with van der Waals surface area (Å²) in [6.07, 6.45) is 5.33. The molecule has 2 nitrogen and oxygen atoms in total. The summed E-state index contributed by atoms with van der Waals surface area (Å²) in [6, 6.07) is 1.58. The summed E-state index contributed by atoms with van der Waals surface area (Å²) in [4.78, 5) is 2.66. The molecule has 0 spiro atoms. The maximum absolute atomic E-state index is 3.37. The molecule has 0 amide bonds. The zero-order chi connectivity index (χ0) is 9.68. The molecule has 0 saturated carbocycles. The Morgan fingerprint density at radius 2 is 2.23 bits per heavy atom. The minimum Gasteiger partial charge on any atom is -0.316 e. The van der Waals surface area contributed by atoms with Gasteiger partial charge in [-0.15, -0.1) is 0 Å². The maximum atomic E-state index is 3.37. The molecular weight excluding hydrogens is 160 g/mol. The van der Waals surface area contributed by atoms with E-state index in [0.717, 1.165) is 12.1 Å². The van der Waals surface area contributed by atoms with Gasteiger partial charge in [-0.2, -0.15) is 0 Å². The number of nitrogens with zero attached hydrogens (tertiary/aromatic N) is 1. The minimum absolute atomic E-state index is 0.742. The molecule has 0 bridgehead atoms. The maximum Gasteiger partial charge on any atom is 0.0204 e. The highest BCUT2D eigenvalue weighted by molar-refractivity contribution is 4.83. The summed E-state index contributed by atoms with van der Waals surface area (Å²) < 4.78 is 0. The van der Waals surface area contributed by atoms with Crippen LogP contribution in [0.3, 0.4) is 0 Å². The third kappa shape index (κ3) is 2.96. The molecule has 1 rings (SSSR count). The van der Waals surface area contributed by atoms with Gasteiger partial charge < -0.3 is 5.32 Å². The quantitative estimate of drug-likeness (QED) is 0.701. The first-order valence-corrected chi connectivity index (χ1v) is 5.73. The second-order valence-electron chi connectivity index (χ2n) is 4.12. The molecule has 2 unspecified atom stereocenters. The zero-order valence-corrected chi connectivity index (χ0v) is 9.34. The smallest absolute Gasteiger partial charge is 0.0204 e. The predicted molar refractivity (Wildman–Crippen MR) is 58.0 cm³/mol. The molecule has 2 heteroatoms. The van der Waals surface area contributed by atoms with Crippen molar-refractivity contribution >= 4 is 0 Å². The van der Waals surface area contributed by atoms with Crippen LogP contribution in [0.1, 0.15) is 39.5 Å². The van der Waals surface area contributed by atoms with Gasteiger partial charge in [0, 0.05) is 25.2 Å². The third-order valence-corrected chi connectivity index (χ3v) is 3.24. The van der Waals surface area contributed by atoms with Crippen LogP contribution in [-0.4, -0.2) is 37.1 Å². The number of rotatable bonds is 5. The molecule has 0 aliphatic carbocycles. The fraction of sp³-hybridized carbons (Fsp3) is 1.00. The van der Waals surface area contributed by atoms with Gasteiger partial charge in [0.2, 0.25) is 0 Å². The van der Waals surface area contributed by atoms with Crippen LogP contribution in [0.25, 0.3) is 0 Å². The molecule has 1 aliphatic heterocycles. The van der Waals surface area contributed by atoms with E-state index in [1.54, 1.807) is 0 Å². The summed E-state index contributed by atoms with van der Waals surface area (Å²) in [6.45, 7) is 7.15.